The number of halogens is 3. The van der Waals surface area contributed by atoms with Gasteiger partial charge in [-0.1, -0.05) is 0 Å². The fourth-order valence-electron chi connectivity index (χ4n) is 1.89. The molecule has 0 unspecified atom stereocenters. The quantitative estimate of drug-likeness (QED) is 0.804. The van der Waals surface area contributed by atoms with Crippen LogP contribution in [0, 0.1) is 0 Å². The van der Waals surface area contributed by atoms with E-state index in [1.165, 1.54) is 37.1 Å². The van der Waals surface area contributed by atoms with Crippen LogP contribution in [0.2, 0.25) is 0 Å². The monoisotopic (exact) mass is 294 g/mol. The van der Waals surface area contributed by atoms with Gasteiger partial charge in [0.15, 0.2) is 5.82 Å². The molecular weight excluding hydrogens is 285 g/mol. The number of nitrogens with one attached hydrogen (secondary N) is 1. The number of nitrogens with zero attached hydrogens (tertiary/aromatic N) is 5. The molecule has 3 aromatic rings. The first-order chi connectivity index (χ1) is 10.0. The average Bonchev–Trinajstić information content (AvgIpc) is 2.77. The molecule has 3 rings (SSSR count). The smallest absolute Gasteiger partial charge is 0.322 e. The lowest BCUT2D eigenvalue weighted by atomic mass is 10.3. The van der Waals surface area contributed by atoms with Crippen molar-refractivity contribution in [2.45, 2.75) is 12.7 Å². The van der Waals surface area contributed by atoms with Crippen molar-refractivity contribution < 1.29 is 13.2 Å². The number of fused-ring (bicyclic) bond motifs is 1. The maximum Gasteiger partial charge on any atom is 0.408 e. The molecule has 0 aliphatic rings. The van der Waals surface area contributed by atoms with Crippen molar-refractivity contribution in [1.29, 1.82) is 0 Å². The van der Waals surface area contributed by atoms with Crippen LogP contribution in [0.3, 0.4) is 0 Å². The lowest BCUT2D eigenvalue weighted by Crippen LogP contribution is -2.18. The summed E-state index contributed by atoms with van der Waals surface area (Å²) in [5.74, 6) is 0.641. The van der Waals surface area contributed by atoms with E-state index in [1.54, 1.807) is 0 Å². The second-order valence-corrected chi connectivity index (χ2v) is 4.23. The van der Waals surface area contributed by atoms with Gasteiger partial charge >= 0.3 is 6.18 Å². The number of aromatic nitrogens is 5. The molecule has 0 saturated carbocycles. The Kier molecular flexibility index (Phi) is 3.16. The number of hydrogen-bond donors (Lipinski definition) is 1. The Balaban J connectivity index is 2.03. The third-order valence-corrected chi connectivity index (χ3v) is 2.69. The first kappa shape index (κ1) is 13.3. The van der Waals surface area contributed by atoms with Crippen LogP contribution in [0.5, 0.6) is 0 Å². The van der Waals surface area contributed by atoms with Gasteiger partial charge in [-0.25, -0.2) is 4.98 Å². The Bertz CT molecular complexity index is 753. The lowest BCUT2D eigenvalue weighted by Gasteiger charge is -2.06. The third kappa shape index (κ3) is 2.91. The Morgan fingerprint density at radius 3 is 2.62 bits per heavy atom. The normalized spacial score (nSPS) is 11.8. The molecule has 108 valence electrons. The van der Waals surface area contributed by atoms with Crippen molar-refractivity contribution in [3.8, 4) is 0 Å². The van der Waals surface area contributed by atoms with Crippen LogP contribution in [0.4, 0.5) is 24.8 Å². The maximum absolute atomic E-state index is 12.6. The number of hydrogen-bond acceptors (Lipinski definition) is 5. The minimum absolute atomic E-state index is 0.253. The minimum atomic E-state index is -4.36. The van der Waals surface area contributed by atoms with E-state index >= 15 is 0 Å². The van der Waals surface area contributed by atoms with Crippen molar-refractivity contribution in [3.05, 3.63) is 37.1 Å². The van der Waals surface area contributed by atoms with E-state index < -0.39 is 12.7 Å². The standard InChI is InChI=1S/C12H9F3N6/c13-12(14,15)7-21-9-1-2-16-5-8(9)11(20-21)19-10-6-17-3-4-18-10/h1-6H,7H2,(H,18,19,20). The van der Waals surface area contributed by atoms with Crippen molar-refractivity contribution in [2.75, 3.05) is 5.32 Å². The van der Waals surface area contributed by atoms with Crippen molar-refractivity contribution in [2.24, 2.45) is 0 Å². The van der Waals surface area contributed by atoms with E-state index in [0.29, 0.717) is 16.7 Å². The van der Waals surface area contributed by atoms with E-state index in [1.807, 2.05) is 0 Å². The van der Waals surface area contributed by atoms with Crippen molar-refractivity contribution in [3.63, 3.8) is 0 Å². The fourth-order valence-corrected chi connectivity index (χ4v) is 1.89. The van der Waals surface area contributed by atoms with Gasteiger partial charge in [-0.2, -0.15) is 18.3 Å². The highest BCUT2D eigenvalue weighted by molar-refractivity contribution is 5.90. The van der Waals surface area contributed by atoms with E-state index in [-0.39, 0.29) is 5.82 Å². The summed E-state index contributed by atoms with van der Waals surface area (Å²) in [5, 5.41) is 7.27. The third-order valence-electron chi connectivity index (χ3n) is 2.69. The van der Waals surface area contributed by atoms with Gasteiger partial charge in [-0.05, 0) is 6.07 Å². The second-order valence-electron chi connectivity index (χ2n) is 4.23. The largest absolute Gasteiger partial charge is 0.408 e. The average molecular weight is 294 g/mol. The highest BCUT2D eigenvalue weighted by Gasteiger charge is 2.29. The molecule has 3 heterocycles. The van der Waals surface area contributed by atoms with Gasteiger partial charge in [0.1, 0.15) is 12.4 Å². The van der Waals surface area contributed by atoms with E-state index in [9.17, 15) is 13.2 Å². The number of rotatable bonds is 3. The molecule has 0 radical (unpaired) electrons. The number of alkyl halides is 3. The zero-order valence-electron chi connectivity index (χ0n) is 10.5. The molecule has 0 amide bonds. The second kappa shape index (κ2) is 5.00. The molecule has 0 saturated heterocycles. The lowest BCUT2D eigenvalue weighted by molar-refractivity contribution is -0.141. The predicted octanol–water partition coefficient (Wildman–Crippen LogP) is 2.53. The van der Waals surface area contributed by atoms with Gasteiger partial charge in [-0.15, -0.1) is 0 Å². The van der Waals surface area contributed by atoms with Gasteiger partial charge in [0.2, 0.25) is 0 Å². The van der Waals surface area contributed by atoms with E-state index in [2.05, 4.69) is 25.4 Å². The van der Waals surface area contributed by atoms with Gasteiger partial charge in [0.05, 0.1) is 17.1 Å². The molecule has 0 fully saturated rings. The highest BCUT2D eigenvalue weighted by atomic mass is 19.4. The van der Waals surface area contributed by atoms with Crippen molar-refractivity contribution >= 4 is 22.5 Å². The topological polar surface area (TPSA) is 68.5 Å². The Morgan fingerprint density at radius 2 is 1.90 bits per heavy atom. The van der Waals surface area contributed by atoms with Gasteiger partial charge in [0, 0.05) is 24.8 Å². The summed E-state index contributed by atoms with van der Waals surface area (Å²) in [6.45, 7) is -1.17. The molecule has 21 heavy (non-hydrogen) atoms. The molecule has 0 spiro atoms. The maximum atomic E-state index is 12.6. The molecule has 0 aromatic carbocycles. The first-order valence-corrected chi connectivity index (χ1v) is 5.93. The number of pyridine rings is 1. The molecule has 0 atom stereocenters. The molecule has 0 aliphatic heterocycles. The van der Waals surface area contributed by atoms with Gasteiger partial charge in [0.25, 0.3) is 0 Å². The summed E-state index contributed by atoms with van der Waals surface area (Å²) in [6, 6.07) is 1.48. The first-order valence-electron chi connectivity index (χ1n) is 5.93. The van der Waals surface area contributed by atoms with Crippen molar-refractivity contribution in [1.82, 2.24) is 24.7 Å². The van der Waals surface area contributed by atoms with Crippen LogP contribution < -0.4 is 5.32 Å². The van der Waals surface area contributed by atoms with Crippen LogP contribution in [0.25, 0.3) is 10.9 Å². The molecule has 9 heteroatoms. The summed E-state index contributed by atoms with van der Waals surface area (Å²) in [7, 11) is 0. The predicted molar refractivity (Wildman–Crippen MR) is 68.9 cm³/mol. The molecule has 0 bridgehead atoms. The molecule has 6 nitrogen and oxygen atoms in total. The van der Waals surface area contributed by atoms with Crippen LogP contribution in [-0.2, 0) is 6.54 Å². The highest BCUT2D eigenvalue weighted by Crippen LogP contribution is 2.27. The fraction of sp³-hybridized carbons (Fsp3) is 0.167. The van der Waals surface area contributed by atoms with Gasteiger partial charge in [-0.3, -0.25) is 14.6 Å². The summed E-state index contributed by atoms with van der Waals surface area (Å²) >= 11 is 0. The Hall–Kier alpha value is -2.71. The van der Waals surface area contributed by atoms with E-state index in [0.717, 1.165) is 4.68 Å². The zero-order chi connectivity index (χ0) is 14.9. The van der Waals surface area contributed by atoms with Crippen LogP contribution >= 0.6 is 0 Å². The summed E-state index contributed by atoms with van der Waals surface area (Å²) in [5.41, 5.74) is 0.341. The van der Waals surface area contributed by atoms with Crippen LogP contribution in [0.15, 0.2) is 37.1 Å². The van der Waals surface area contributed by atoms with Crippen LogP contribution in [-0.4, -0.2) is 30.9 Å². The molecule has 1 N–H and O–H groups in total. The molecule has 3 aromatic heterocycles. The molecule has 0 aliphatic carbocycles. The summed E-state index contributed by atoms with van der Waals surface area (Å²) in [6.07, 6.45) is 2.93. The van der Waals surface area contributed by atoms with Crippen LogP contribution in [0.1, 0.15) is 0 Å². The Morgan fingerprint density at radius 1 is 1.10 bits per heavy atom. The minimum Gasteiger partial charge on any atom is -0.322 e. The van der Waals surface area contributed by atoms with E-state index in [4.69, 9.17) is 0 Å². The Labute approximate surface area is 116 Å². The number of anilines is 2. The summed E-state index contributed by atoms with van der Waals surface area (Å²) in [4.78, 5) is 11.8. The SMILES string of the molecule is FC(F)(F)Cn1nc(Nc2cnccn2)c2cnccc21. The zero-order valence-corrected chi connectivity index (χ0v) is 10.5. The van der Waals surface area contributed by atoms with Gasteiger partial charge < -0.3 is 5.32 Å². The molecular formula is C12H9F3N6. The summed E-state index contributed by atoms with van der Waals surface area (Å²) < 4.78 is 38.6.